The summed E-state index contributed by atoms with van der Waals surface area (Å²) in [5.74, 6) is 0.729. The molecular weight excluding hydrogens is 238 g/mol. The van der Waals surface area contributed by atoms with E-state index in [1.165, 1.54) is 0 Å². The number of hydrogen-bond acceptors (Lipinski definition) is 3. The average molecular weight is 259 g/mol. The van der Waals surface area contributed by atoms with Crippen molar-refractivity contribution in [1.29, 1.82) is 0 Å². The van der Waals surface area contributed by atoms with E-state index in [2.05, 4.69) is 11.8 Å². The van der Waals surface area contributed by atoms with Crippen molar-refractivity contribution in [2.24, 2.45) is 0 Å². The van der Waals surface area contributed by atoms with E-state index in [0.29, 0.717) is 0 Å². The lowest BCUT2D eigenvalue weighted by Gasteiger charge is -2.36. The van der Waals surface area contributed by atoms with Crippen molar-refractivity contribution in [3.05, 3.63) is 35.6 Å². The van der Waals surface area contributed by atoms with Crippen molar-refractivity contribution in [3.8, 4) is 0 Å². The quantitative estimate of drug-likeness (QED) is 0.900. The third-order valence-corrected chi connectivity index (χ3v) is 4.33. The molecule has 1 fully saturated rings. The number of furan rings is 1. The number of fused-ring (bicyclic) bond motifs is 1. The maximum atomic E-state index is 10.8. The van der Waals surface area contributed by atoms with Gasteiger partial charge in [-0.15, -0.1) is 0 Å². The number of para-hydroxylation sites is 1. The topological polar surface area (TPSA) is 36.6 Å². The summed E-state index contributed by atoms with van der Waals surface area (Å²) in [7, 11) is 0. The molecule has 0 radical (unpaired) electrons. The minimum absolute atomic E-state index is 0.729. The fourth-order valence-electron chi connectivity index (χ4n) is 2.92. The number of likely N-dealkylation sites (tertiary alicyclic amines) is 1. The van der Waals surface area contributed by atoms with E-state index < -0.39 is 5.60 Å². The highest BCUT2D eigenvalue weighted by atomic mass is 16.4. The van der Waals surface area contributed by atoms with Gasteiger partial charge in [0.15, 0.2) is 0 Å². The summed E-state index contributed by atoms with van der Waals surface area (Å²) in [6.07, 6.45) is 1.50. The highest BCUT2D eigenvalue weighted by Crippen LogP contribution is 2.36. The molecule has 0 unspecified atom stereocenters. The van der Waals surface area contributed by atoms with Crippen molar-refractivity contribution in [1.82, 2.24) is 4.90 Å². The zero-order valence-corrected chi connectivity index (χ0v) is 11.6. The summed E-state index contributed by atoms with van der Waals surface area (Å²) in [4.78, 5) is 2.36. The molecule has 0 aliphatic carbocycles. The van der Waals surface area contributed by atoms with Crippen molar-refractivity contribution in [2.75, 3.05) is 19.6 Å². The van der Waals surface area contributed by atoms with Gasteiger partial charge in [-0.3, -0.25) is 0 Å². The van der Waals surface area contributed by atoms with Gasteiger partial charge in [-0.05, 0) is 37.9 Å². The molecule has 19 heavy (non-hydrogen) atoms. The Kier molecular flexibility index (Phi) is 3.11. The number of hydrogen-bond donors (Lipinski definition) is 1. The van der Waals surface area contributed by atoms with Gasteiger partial charge < -0.3 is 14.4 Å². The van der Waals surface area contributed by atoms with Gasteiger partial charge in [0.25, 0.3) is 0 Å². The molecule has 0 saturated carbocycles. The molecule has 102 valence electrons. The second-order valence-electron chi connectivity index (χ2n) is 5.57. The van der Waals surface area contributed by atoms with E-state index >= 15 is 0 Å². The molecular formula is C16H21NO2. The summed E-state index contributed by atoms with van der Waals surface area (Å²) in [6, 6.07) is 8.11. The number of aryl methyl sites for hydroxylation is 1. The third-order valence-electron chi connectivity index (χ3n) is 4.33. The van der Waals surface area contributed by atoms with Gasteiger partial charge in [-0.2, -0.15) is 0 Å². The Morgan fingerprint density at radius 2 is 2.05 bits per heavy atom. The van der Waals surface area contributed by atoms with Gasteiger partial charge >= 0.3 is 0 Å². The fraction of sp³-hybridized carbons (Fsp3) is 0.500. The van der Waals surface area contributed by atoms with E-state index in [-0.39, 0.29) is 0 Å². The van der Waals surface area contributed by atoms with Gasteiger partial charge in [-0.1, -0.05) is 25.1 Å². The predicted molar refractivity (Wildman–Crippen MR) is 76.2 cm³/mol. The minimum Gasteiger partial charge on any atom is -0.458 e. The molecule has 2 aromatic rings. The largest absolute Gasteiger partial charge is 0.458 e. The Hall–Kier alpha value is -1.32. The Labute approximate surface area is 113 Å². The molecule has 1 N–H and O–H groups in total. The number of benzene rings is 1. The summed E-state index contributed by atoms with van der Waals surface area (Å²) < 4.78 is 5.94. The Morgan fingerprint density at radius 3 is 2.68 bits per heavy atom. The van der Waals surface area contributed by atoms with Gasteiger partial charge in [0.2, 0.25) is 0 Å². The van der Waals surface area contributed by atoms with Crippen molar-refractivity contribution < 1.29 is 9.52 Å². The highest BCUT2D eigenvalue weighted by Gasteiger charge is 2.36. The van der Waals surface area contributed by atoms with Crippen LogP contribution in [0.4, 0.5) is 0 Å². The van der Waals surface area contributed by atoms with Crippen molar-refractivity contribution in [2.45, 2.75) is 32.3 Å². The zero-order valence-electron chi connectivity index (χ0n) is 11.6. The third kappa shape index (κ3) is 2.17. The van der Waals surface area contributed by atoms with Crippen LogP contribution in [-0.2, 0) is 5.60 Å². The SMILES string of the molecule is CCN1CCC(O)(c2cc3cccc(C)c3o2)CC1. The van der Waals surface area contributed by atoms with E-state index in [1.807, 2.05) is 31.2 Å². The Balaban J connectivity index is 1.93. The summed E-state index contributed by atoms with van der Waals surface area (Å²) >= 11 is 0. The van der Waals surface area contributed by atoms with Crippen LogP contribution < -0.4 is 0 Å². The van der Waals surface area contributed by atoms with Crippen LogP contribution in [0.3, 0.4) is 0 Å². The molecule has 0 atom stereocenters. The lowest BCUT2D eigenvalue weighted by molar-refractivity contribution is -0.0399. The number of rotatable bonds is 2. The van der Waals surface area contributed by atoms with E-state index in [0.717, 1.165) is 54.8 Å². The first-order valence-corrected chi connectivity index (χ1v) is 7.07. The maximum Gasteiger partial charge on any atom is 0.137 e. The van der Waals surface area contributed by atoms with Crippen LogP contribution in [0.25, 0.3) is 11.0 Å². The van der Waals surface area contributed by atoms with Gasteiger partial charge in [0.05, 0.1) is 0 Å². The normalized spacial score (nSPS) is 19.9. The van der Waals surface area contributed by atoms with Crippen LogP contribution >= 0.6 is 0 Å². The molecule has 1 aliphatic rings. The predicted octanol–water partition coefficient (Wildman–Crippen LogP) is 3.04. The van der Waals surface area contributed by atoms with Crippen LogP contribution in [0.5, 0.6) is 0 Å². The molecule has 3 heteroatoms. The summed E-state index contributed by atoms with van der Waals surface area (Å²) in [5.41, 5.74) is 1.24. The molecule has 1 aliphatic heterocycles. The van der Waals surface area contributed by atoms with Crippen molar-refractivity contribution in [3.63, 3.8) is 0 Å². The molecule has 1 aromatic carbocycles. The molecule has 0 bridgehead atoms. The van der Waals surface area contributed by atoms with Crippen LogP contribution in [0.2, 0.25) is 0 Å². The lowest BCUT2D eigenvalue weighted by atomic mass is 9.89. The van der Waals surface area contributed by atoms with Crippen LogP contribution in [0.15, 0.2) is 28.7 Å². The van der Waals surface area contributed by atoms with Gasteiger partial charge in [0, 0.05) is 18.5 Å². The van der Waals surface area contributed by atoms with Crippen LogP contribution in [0, 0.1) is 6.92 Å². The summed E-state index contributed by atoms with van der Waals surface area (Å²) in [6.45, 7) is 7.12. The first-order chi connectivity index (χ1) is 9.12. The summed E-state index contributed by atoms with van der Waals surface area (Å²) in [5, 5.41) is 11.9. The van der Waals surface area contributed by atoms with Gasteiger partial charge in [-0.25, -0.2) is 0 Å². The lowest BCUT2D eigenvalue weighted by Crippen LogP contribution is -2.42. The highest BCUT2D eigenvalue weighted by molar-refractivity contribution is 5.81. The molecule has 0 spiro atoms. The monoisotopic (exact) mass is 259 g/mol. The second-order valence-corrected chi connectivity index (χ2v) is 5.57. The van der Waals surface area contributed by atoms with Crippen molar-refractivity contribution >= 4 is 11.0 Å². The Morgan fingerprint density at radius 1 is 1.32 bits per heavy atom. The zero-order chi connectivity index (χ0) is 13.5. The fourth-order valence-corrected chi connectivity index (χ4v) is 2.92. The molecule has 1 saturated heterocycles. The van der Waals surface area contributed by atoms with Crippen LogP contribution in [-0.4, -0.2) is 29.6 Å². The molecule has 2 heterocycles. The van der Waals surface area contributed by atoms with Crippen LogP contribution in [0.1, 0.15) is 31.1 Å². The average Bonchev–Trinajstić information content (AvgIpc) is 2.86. The van der Waals surface area contributed by atoms with E-state index in [4.69, 9.17) is 4.42 Å². The number of nitrogens with zero attached hydrogens (tertiary/aromatic N) is 1. The number of piperidine rings is 1. The van der Waals surface area contributed by atoms with E-state index in [9.17, 15) is 5.11 Å². The van der Waals surface area contributed by atoms with E-state index in [1.54, 1.807) is 0 Å². The standard InChI is InChI=1S/C16H21NO2/c1-3-17-9-7-16(18,8-10-17)14-11-13-6-4-5-12(2)15(13)19-14/h4-6,11,18H,3,7-10H2,1-2H3. The maximum absolute atomic E-state index is 10.8. The first kappa shape index (κ1) is 12.7. The second kappa shape index (κ2) is 4.66. The molecule has 0 amide bonds. The molecule has 1 aromatic heterocycles. The smallest absolute Gasteiger partial charge is 0.137 e. The number of aliphatic hydroxyl groups is 1. The van der Waals surface area contributed by atoms with Gasteiger partial charge in [0.1, 0.15) is 16.9 Å². The molecule has 3 rings (SSSR count). The first-order valence-electron chi connectivity index (χ1n) is 7.07. The minimum atomic E-state index is -0.795. The molecule has 3 nitrogen and oxygen atoms in total. The Bertz CT molecular complexity index is 579.